The lowest BCUT2D eigenvalue weighted by atomic mass is 9.84. The highest BCUT2D eigenvalue weighted by Gasteiger charge is 2.44. The molecule has 1 aromatic rings. The molecule has 1 N–H and O–H groups in total. The Kier molecular flexibility index (Phi) is 4.48. The van der Waals surface area contributed by atoms with E-state index in [1.807, 2.05) is 13.0 Å². The van der Waals surface area contributed by atoms with Gasteiger partial charge in [0, 0.05) is 14.0 Å². The quantitative estimate of drug-likeness (QED) is 0.870. The molecule has 0 radical (unpaired) electrons. The van der Waals surface area contributed by atoms with Crippen LogP contribution in [-0.2, 0) is 15.1 Å². The van der Waals surface area contributed by atoms with Crippen molar-refractivity contribution in [1.29, 1.82) is 0 Å². The SMILES string of the molecule is CCCC(C(=O)O)(c1ccccc1)N(C)C(C)=O. The molecule has 0 bridgehead atoms. The predicted octanol–water partition coefficient (Wildman–Crippen LogP) is 2.24. The van der Waals surface area contributed by atoms with Gasteiger partial charge in [-0.05, 0) is 12.0 Å². The van der Waals surface area contributed by atoms with Gasteiger partial charge in [-0.15, -0.1) is 0 Å². The summed E-state index contributed by atoms with van der Waals surface area (Å²) in [4.78, 5) is 24.7. The van der Waals surface area contributed by atoms with Crippen LogP contribution in [0.2, 0.25) is 0 Å². The zero-order valence-electron chi connectivity index (χ0n) is 11.0. The second-order valence-electron chi connectivity index (χ2n) is 4.36. The minimum absolute atomic E-state index is 0.255. The average Bonchev–Trinajstić information content (AvgIpc) is 2.35. The highest BCUT2D eigenvalue weighted by molar-refractivity contribution is 5.87. The maximum absolute atomic E-state index is 11.8. The van der Waals surface area contributed by atoms with E-state index < -0.39 is 11.5 Å². The summed E-state index contributed by atoms with van der Waals surface area (Å²) in [6.07, 6.45) is 1.07. The highest BCUT2D eigenvalue weighted by Crippen LogP contribution is 2.33. The maximum Gasteiger partial charge on any atom is 0.334 e. The van der Waals surface area contributed by atoms with Crippen LogP contribution in [0.5, 0.6) is 0 Å². The zero-order valence-corrected chi connectivity index (χ0v) is 11.0. The Labute approximate surface area is 107 Å². The fraction of sp³-hybridized carbons (Fsp3) is 0.429. The largest absolute Gasteiger partial charge is 0.479 e. The van der Waals surface area contributed by atoms with Gasteiger partial charge in [-0.25, -0.2) is 4.79 Å². The van der Waals surface area contributed by atoms with Crippen LogP contribution < -0.4 is 0 Å². The summed E-state index contributed by atoms with van der Waals surface area (Å²) in [5.74, 6) is -1.25. The molecule has 18 heavy (non-hydrogen) atoms. The molecule has 1 unspecified atom stereocenters. The number of hydrogen-bond donors (Lipinski definition) is 1. The smallest absolute Gasteiger partial charge is 0.334 e. The standard InChI is InChI=1S/C14H19NO3/c1-4-10-14(13(17)18,15(3)11(2)16)12-8-6-5-7-9-12/h5-9H,4,10H2,1-3H3,(H,17,18). The number of aliphatic carboxylic acids is 1. The van der Waals surface area contributed by atoms with Crippen LogP contribution in [0.4, 0.5) is 0 Å². The first-order valence-corrected chi connectivity index (χ1v) is 6.00. The topological polar surface area (TPSA) is 57.6 Å². The second kappa shape index (κ2) is 5.67. The van der Waals surface area contributed by atoms with Gasteiger partial charge in [-0.2, -0.15) is 0 Å². The normalized spacial score (nSPS) is 13.7. The van der Waals surface area contributed by atoms with Crippen LogP contribution >= 0.6 is 0 Å². The molecule has 0 aromatic heterocycles. The van der Waals surface area contributed by atoms with Crippen LogP contribution in [-0.4, -0.2) is 28.9 Å². The van der Waals surface area contributed by atoms with E-state index in [4.69, 9.17) is 0 Å². The third-order valence-corrected chi connectivity index (χ3v) is 3.26. The lowest BCUT2D eigenvalue weighted by Gasteiger charge is -2.38. The molecule has 0 heterocycles. The molecule has 0 aliphatic rings. The van der Waals surface area contributed by atoms with Crippen LogP contribution in [0.25, 0.3) is 0 Å². The van der Waals surface area contributed by atoms with Crippen LogP contribution in [0, 0.1) is 0 Å². The molecule has 0 saturated carbocycles. The lowest BCUT2D eigenvalue weighted by molar-refractivity contribution is -0.158. The van der Waals surface area contributed by atoms with Gasteiger partial charge in [0.25, 0.3) is 0 Å². The van der Waals surface area contributed by atoms with Crippen molar-refractivity contribution in [3.63, 3.8) is 0 Å². The van der Waals surface area contributed by atoms with Crippen molar-refractivity contribution < 1.29 is 14.7 Å². The average molecular weight is 249 g/mol. The number of nitrogens with zero attached hydrogens (tertiary/aromatic N) is 1. The van der Waals surface area contributed by atoms with E-state index in [0.717, 1.165) is 0 Å². The molecule has 98 valence electrons. The first-order valence-electron chi connectivity index (χ1n) is 6.00. The van der Waals surface area contributed by atoms with E-state index in [-0.39, 0.29) is 5.91 Å². The second-order valence-corrected chi connectivity index (χ2v) is 4.36. The Morgan fingerprint density at radius 3 is 2.22 bits per heavy atom. The van der Waals surface area contributed by atoms with Crippen molar-refractivity contribution in [3.8, 4) is 0 Å². The third-order valence-electron chi connectivity index (χ3n) is 3.26. The monoisotopic (exact) mass is 249 g/mol. The van der Waals surface area contributed by atoms with Crippen LogP contribution in [0.15, 0.2) is 30.3 Å². The molecular formula is C14H19NO3. The number of carbonyl (C=O) groups is 2. The number of carbonyl (C=O) groups excluding carboxylic acids is 1. The van der Waals surface area contributed by atoms with Gasteiger partial charge in [-0.3, -0.25) is 4.79 Å². The fourth-order valence-electron chi connectivity index (χ4n) is 2.22. The summed E-state index contributed by atoms with van der Waals surface area (Å²) in [7, 11) is 1.54. The first-order chi connectivity index (χ1) is 8.46. The third kappa shape index (κ3) is 2.37. The minimum Gasteiger partial charge on any atom is -0.479 e. The van der Waals surface area contributed by atoms with Gasteiger partial charge >= 0.3 is 5.97 Å². The predicted molar refractivity (Wildman–Crippen MR) is 69.1 cm³/mol. The summed E-state index contributed by atoms with van der Waals surface area (Å²) in [6, 6.07) is 8.91. The zero-order chi connectivity index (χ0) is 13.8. The van der Waals surface area contributed by atoms with Crippen molar-refractivity contribution in [2.24, 2.45) is 0 Å². The Morgan fingerprint density at radius 1 is 1.28 bits per heavy atom. The Hall–Kier alpha value is -1.84. The molecule has 1 rings (SSSR count). The lowest BCUT2D eigenvalue weighted by Crippen LogP contribution is -2.52. The molecule has 0 aliphatic carbocycles. The van der Waals surface area contributed by atoms with E-state index in [2.05, 4.69) is 0 Å². The van der Waals surface area contributed by atoms with E-state index in [0.29, 0.717) is 18.4 Å². The first kappa shape index (κ1) is 14.2. The van der Waals surface area contributed by atoms with Crippen LogP contribution in [0.1, 0.15) is 32.3 Å². The molecule has 0 spiro atoms. The number of benzene rings is 1. The summed E-state index contributed by atoms with van der Waals surface area (Å²) in [5, 5.41) is 9.63. The molecule has 0 aliphatic heterocycles. The van der Waals surface area contributed by atoms with Crippen molar-refractivity contribution >= 4 is 11.9 Å². The van der Waals surface area contributed by atoms with Crippen molar-refractivity contribution in [2.75, 3.05) is 7.05 Å². The number of rotatable bonds is 5. The molecule has 4 nitrogen and oxygen atoms in total. The number of carboxylic acids is 1. The Bertz CT molecular complexity index is 430. The number of carboxylic acid groups (broad SMARTS) is 1. The Balaban J connectivity index is 3.40. The highest BCUT2D eigenvalue weighted by atomic mass is 16.4. The van der Waals surface area contributed by atoms with Crippen LogP contribution in [0.3, 0.4) is 0 Å². The van der Waals surface area contributed by atoms with Gasteiger partial charge in [-0.1, -0.05) is 43.7 Å². The summed E-state index contributed by atoms with van der Waals surface area (Å²) in [6.45, 7) is 3.30. The summed E-state index contributed by atoms with van der Waals surface area (Å²) in [5.41, 5.74) is -0.640. The van der Waals surface area contributed by atoms with E-state index >= 15 is 0 Å². The fourth-order valence-corrected chi connectivity index (χ4v) is 2.22. The minimum atomic E-state index is -1.28. The number of amides is 1. The molecule has 1 amide bonds. The summed E-state index contributed by atoms with van der Waals surface area (Å²) < 4.78 is 0. The van der Waals surface area contributed by atoms with Gasteiger partial charge in [0.05, 0.1) is 0 Å². The van der Waals surface area contributed by atoms with Gasteiger partial charge in [0.1, 0.15) is 0 Å². The van der Waals surface area contributed by atoms with Gasteiger partial charge in [0.2, 0.25) is 5.91 Å². The number of hydrogen-bond acceptors (Lipinski definition) is 2. The maximum atomic E-state index is 11.8. The van der Waals surface area contributed by atoms with Gasteiger partial charge in [0.15, 0.2) is 5.54 Å². The van der Waals surface area contributed by atoms with Crippen molar-refractivity contribution in [2.45, 2.75) is 32.2 Å². The van der Waals surface area contributed by atoms with E-state index in [9.17, 15) is 14.7 Å². The number of likely N-dealkylation sites (N-methyl/N-ethyl adjacent to an activating group) is 1. The van der Waals surface area contributed by atoms with E-state index in [1.54, 1.807) is 31.3 Å². The molecular weight excluding hydrogens is 230 g/mol. The molecule has 0 fully saturated rings. The summed E-state index contributed by atoms with van der Waals surface area (Å²) >= 11 is 0. The van der Waals surface area contributed by atoms with Crippen molar-refractivity contribution in [3.05, 3.63) is 35.9 Å². The van der Waals surface area contributed by atoms with E-state index in [1.165, 1.54) is 11.8 Å². The van der Waals surface area contributed by atoms with Gasteiger partial charge < -0.3 is 10.0 Å². The molecule has 1 aromatic carbocycles. The molecule has 4 heteroatoms. The Morgan fingerprint density at radius 2 is 1.83 bits per heavy atom. The molecule has 1 atom stereocenters. The molecule has 0 saturated heterocycles. The van der Waals surface area contributed by atoms with Crippen molar-refractivity contribution in [1.82, 2.24) is 4.90 Å².